The van der Waals surface area contributed by atoms with Crippen LogP contribution in [0.25, 0.3) is 94.7 Å². The fourth-order valence-electron chi connectivity index (χ4n) is 8.58. The van der Waals surface area contributed by atoms with Crippen molar-refractivity contribution in [2.45, 2.75) is 6.04 Å². The van der Waals surface area contributed by atoms with E-state index in [0.717, 1.165) is 94.3 Å². The number of hydrogen-bond acceptors (Lipinski definition) is 6. The van der Waals surface area contributed by atoms with E-state index in [4.69, 9.17) is 9.97 Å². The molecule has 1 unspecified atom stereocenters. The molecule has 12 rings (SSSR count). The highest BCUT2D eigenvalue weighted by Gasteiger charge is 2.43. The molecule has 1 aliphatic rings. The second-order valence-corrected chi connectivity index (χ2v) is 14.3. The van der Waals surface area contributed by atoms with Crippen LogP contribution in [0.3, 0.4) is 0 Å². The van der Waals surface area contributed by atoms with Gasteiger partial charge in [-0.15, -0.1) is 0 Å². The van der Waals surface area contributed by atoms with Crippen molar-refractivity contribution in [2.24, 2.45) is 0 Å². The monoisotopic (exact) mass is 730 g/mol. The molecule has 8 nitrogen and oxygen atoms in total. The molecule has 11 aromatic rings. The van der Waals surface area contributed by atoms with Crippen molar-refractivity contribution in [1.82, 2.24) is 39.0 Å². The summed E-state index contributed by atoms with van der Waals surface area (Å²) in [5, 5.41) is 4.52. The average molecular weight is 731 g/mol. The smallest absolute Gasteiger partial charge is 0.160 e. The fourth-order valence-corrected chi connectivity index (χ4v) is 8.58. The number of fused-ring (bicyclic) bond motifs is 8. The fraction of sp³-hybridized carbons (Fsp3) is 0.0204. The Bertz CT molecular complexity index is 3330. The third kappa shape index (κ3) is 4.87. The molecule has 8 heteroatoms. The molecule has 0 saturated carbocycles. The molecule has 0 spiro atoms. The van der Waals surface area contributed by atoms with Gasteiger partial charge in [-0.1, -0.05) is 91.0 Å². The van der Waals surface area contributed by atoms with E-state index in [2.05, 4.69) is 144 Å². The van der Waals surface area contributed by atoms with Crippen LogP contribution in [-0.4, -0.2) is 39.0 Å². The highest BCUT2D eigenvalue weighted by molar-refractivity contribution is 6.24. The molecule has 5 heterocycles. The molecule has 6 aromatic carbocycles. The van der Waals surface area contributed by atoms with Crippen LogP contribution in [0.1, 0.15) is 17.3 Å². The average Bonchev–Trinajstić information content (AvgIpc) is 3.78. The first-order valence-corrected chi connectivity index (χ1v) is 19.0. The standard InChI is InChI=1S/C49H30N8/c1-4-12-30(13-5-1)42-41-43(55-49(54-42)31-14-6-2-7-15-31)46(41)57-40-23-19-33(48-52-26-11-27-53-48)29-38(40)36-21-20-35-37-28-32(47-50-24-10-25-51-47)18-22-39(37)56(44(35)45(36)57)34-16-8-3-9-17-34/h1-29,46H. The lowest BCUT2D eigenvalue weighted by Gasteiger charge is -2.12. The number of aromatic nitrogens is 8. The largest absolute Gasteiger partial charge is 0.325 e. The van der Waals surface area contributed by atoms with Crippen LogP contribution < -0.4 is 0 Å². The van der Waals surface area contributed by atoms with Gasteiger partial charge in [0.15, 0.2) is 17.5 Å². The number of hydrogen-bond donors (Lipinski definition) is 0. The van der Waals surface area contributed by atoms with Gasteiger partial charge in [-0.3, -0.25) is 0 Å². The molecular weight excluding hydrogens is 701 g/mol. The zero-order valence-electron chi connectivity index (χ0n) is 30.4. The van der Waals surface area contributed by atoms with E-state index in [1.807, 2.05) is 36.4 Å². The number of para-hydroxylation sites is 1. The van der Waals surface area contributed by atoms with Gasteiger partial charge in [-0.05, 0) is 60.7 Å². The molecule has 0 fully saturated rings. The summed E-state index contributed by atoms with van der Waals surface area (Å²) in [7, 11) is 0. The van der Waals surface area contributed by atoms with Crippen molar-refractivity contribution in [3.63, 3.8) is 0 Å². The second kappa shape index (κ2) is 12.3. The van der Waals surface area contributed by atoms with E-state index in [9.17, 15) is 0 Å². The summed E-state index contributed by atoms with van der Waals surface area (Å²) >= 11 is 0. The summed E-state index contributed by atoms with van der Waals surface area (Å²) in [6.45, 7) is 0. The van der Waals surface area contributed by atoms with Crippen LogP contribution in [0, 0.1) is 0 Å². The number of rotatable bonds is 6. The maximum absolute atomic E-state index is 5.31. The summed E-state index contributed by atoms with van der Waals surface area (Å²) < 4.78 is 4.91. The first-order chi connectivity index (χ1) is 28.3. The van der Waals surface area contributed by atoms with Crippen molar-refractivity contribution in [3.05, 3.63) is 188 Å². The summed E-state index contributed by atoms with van der Waals surface area (Å²) in [5.41, 5.74) is 12.6. The summed E-state index contributed by atoms with van der Waals surface area (Å²) in [5.74, 6) is 2.11. The topological polar surface area (TPSA) is 87.2 Å². The van der Waals surface area contributed by atoms with Crippen LogP contribution >= 0.6 is 0 Å². The molecule has 0 bridgehead atoms. The van der Waals surface area contributed by atoms with Gasteiger partial charge in [0, 0.05) is 79.8 Å². The van der Waals surface area contributed by atoms with Crippen molar-refractivity contribution in [2.75, 3.05) is 0 Å². The number of benzene rings is 6. The molecular formula is C49H30N8. The molecule has 1 aliphatic carbocycles. The predicted octanol–water partition coefficient (Wildman–Crippen LogP) is 10.9. The molecule has 0 amide bonds. The molecule has 57 heavy (non-hydrogen) atoms. The first-order valence-electron chi connectivity index (χ1n) is 19.0. The second-order valence-electron chi connectivity index (χ2n) is 14.3. The van der Waals surface area contributed by atoms with Crippen molar-refractivity contribution < 1.29 is 0 Å². The van der Waals surface area contributed by atoms with Gasteiger partial charge in [0.2, 0.25) is 0 Å². The normalized spacial score (nSPS) is 13.4. The minimum Gasteiger partial charge on any atom is -0.325 e. The predicted molar refractivity (Wildman–Crippen MR) is 226 cm³/mol. The van der Waals surface area contributed by atoms with E-state index < -0.39 is 0 Å². The minimum absolute atomic E-state index is 0.148. The Kier molecular flexibility index (Phi) is 6.82. The third-order valence-corrected chi connectivity index (χ3v) is 11.1. The highest BCUT2D eigenvalue weighted by Crippen LogP contribution is 2.53. The maximum Gasteiger partial charge on any atom is 0.160 e. The summed E-state index contributed by atoms with van der Waals surface area (Å²) in [6, 6.07) is 52.6. The van der Waals surface area contributed by atoms with Gasteiger partial charge in [0.25, 0.3) is 0 Å². The van der Waals surface area contributed by atoms with E-state index in [1.165, 1.54) is 0 Å². The summed E-state index contributed by atoms with van der Waals surface area (Å²) in [6.07, 6.45) is 7.17. The minimum atomic E-state index is -0.148. The van der Waals surface area contributed by atoms with Gasteiger partial charge in [-0.2, -0.15) is 0 Å². The molecule has 266 valence electrons. The van der Waals surface area contributed by atoms with Crippen LogP contribution in [0.15, 0.2) is 176 Å². The van der Waals surface area contributed by atoms with E-state index in [1.54, 1.807) is 24.8 Å². The maximum atomic E-state index is 5.31. The Labute approximate surface area is 326 Å². The van der Waals surface area contributed by atoms with Crippen LogP contribution in [0.2, 0.25) is 0 Å². The molecule has 5 aromatic heterocycles. The van der Waals surface area contributed by atoms with Crippen molar-refractivity contribution in [1.29, 1.82) is 0 Å². The quantitative estimate of drug-likeness (QED) is 0.169. The molecule has 0 aliphatic heterocycles. The van der Waals surface area contributed by atoms with Crippen molar-refractivity contribution >= 4 is 43.6 Å². The molecule has 1 atom stereocenters. The first kappa shape index (κ1) is 31.5. The number of nitrogens with zero attached hydrogens (tertiary/aromatic N) is 8. The van der Waals surface area contributed by atoms with Crippen LogP contribution in [0.4, 0.5) is 0 Å². The lowest BCUT2D eigenvalue weighted by atomic mass is 10.1. The highest BCUT2D eigenvalue weighted by atomic mass is 15.1. The van der Waals surface area contributed by atoms with E-state index in [-0.39, 0.29) is 6.04 Å². The Morgan fingerprint density at radius 3 is 1.58 bits per heavy atom. The van der Waals surface area contributed by atoms with Gasteiger partial charge >= 0.3 is 0 Å². The van der Waals surface area contributed by atoms with Gasteiger partial charge in [0.1, 0.15) is 6.04 Å². The lowest BCUT2D eigenvalue weighted by Crippen LogP contribution is -2.00. The van der Waals surface area contributed by atoms with Gasteiger partial charge in [-0.25, -0.2) is 29.9 Å². The van der Waals surface area contributed by atoms with E-state index >= 15 is 0 Å². The van der Waals surface area contributed by atoms with Crippen molar-refractivity contribution in [3.8, 4) is 51.1 Å². The van der Waals surface area contributed by atoms with E-state index in [0.29, 0.717) is 11.6 Å². The molecule has 0 radical (unpaired) electrons. The van der Waals surface area contributed by atoms with Gasteiger partial charge < -0.3 is 9.13 Å². The zero-order valence-corrected chi connectivity index (χ0v) is 30.4. The Morgan fingerprint density at radius 2 is 0.947 bits per heavy atom. The summed E-state index contributed by atoms with van der Waals surface area (Å²) in [4.78, 5) is 29.0. The third-order valence-electron chi connectivity index (χ3n) is 11.1. The zero-order chi connectivity index (χ0) is 37.5. The molecule has 0 saturated heterocycles. The lowest BCUT2D eigenvalue weighted by molar-refractivity contribution is 0.842. The molecule has 0 N–H and O–H groups in total. The Morgan fingerprint density at radius 1 is 0.404 bits per heavy atom. The SMILES string of the molecule is c1ccc(-c2nc(-c3ccccc3)c3c(n2)C3n2c3ccc(-c4ncccn4)cc3c3ccc4c5cc(-c6ncccn6)ccc5n(-c5ccccc5)c4c32)cc1. The Hall–Kier alpha value is -7.84. The van der Waals surface area contributed by atoms with Gasteiger partial charge in [0.05, 0.1) is 33.5 Å². The van der Waals surface area contributed by atoms with Crippen LogP contribution in [0.5, 0.6) is 0 Å². The van der Waals surface area contributed by atoms with Crippen LogP contribution in [-0.2, 0) is 0 Å². The Balaban J connectivity index is 1.21.